The highest BCUT2D eigenvalue weighted by Crippen LogP contribution is 2.18. The van der Waals surface area contributed by atoms with Crippen molar-refractivity contribution in [3.8, 4) is 5.75 Å². The molecule has 0 saturated heterocycles. The number of rotatable bonds is 4. The summed E-state index contributed by atoms with van der Waals surface area (Å²) in [6.07, 6.45) is 0.591. The molecule has 0 heterocycles. The van der Waals surface area contributed by atoms with Gasteiger partial charge in [0.15, 0.2) is 0 Å². The van der Waals surface area contributed by atoms with Crippen molar-refractivity contribution in [3.05, 3.63) is 64.1 Å². The molecule has 2 aromatic carbocycles. The van der Waals surface area contributed by atoms with Crippen LogP contribution in [-0.2, 0) is 0 Å². The number of nitrogens with zero attached hydrogens (tertiary/aromatic N) is 1. The number of phenolic OH excluding ortho intramolecular Hbond substituents is 1. The van der Waals surface area contributed by atoms with Gasteiger partial charge in [-0.15, -0.1) is 0 Å². The number of nitrogens with one attached hydrogen (secondary N) is 1. The minimum absolute atomic E-state index is 0.147. The third-order valence-electron chi connectivity index (χ3n) is 2.96. The van der Waals surface area contributed by atoms with Crippen LogP contribution in [0.4, 0.5) is 0 Å². The largest absolute Gasteiger partial charge is 0.507 e. The number of hydrogen-bond donors (Lipinski definition) is 2. The molecule has 2 aromatic rings. The van der Waals surface area contributed by atoms with E-state index in [-0.39, 0.29) is 11.7 Å². The first-order valence-corrected chi connectivity index (χ1v) is 7.32. The molecule has 0 aromatic heterocycles. The van der Waals surface area contributed by atoms with Gasteiger partial charge in [-0.1, -0.05) is 31.2 Å². The zero-order valence-corrected chi connectivity index (χ0v) is 13.1. The molecular weight excluding hydrogens is 332 g/mol. The summed E-state index contributed by atoms with van der Waals surface area (Å²) in [6.45, 7) is 1.91. The fourth-order valence-electron chi connectivity index (χ4n) is 1.87. The smallest absolute Gasteiger partial charge is 0.272 e. The van der Waals surface area contributed by atoms with Crippen LogP contribution in [0, 0.1) is 0 Å². The zero-order valence-electron chi connectivity index (χ0n) is 11.5. The molecule has 21 heavy (non-hydrogen) atoms. The number of phenols is 1. The topological polar surface area (TPSA) is 61.7 Å². The quantitative estimate of drug-likeness (QED) is 0.654. The minimum atomic E-state index is -0.302. The molecule has 5 heteroatoms. The first-order valence-electron chi connectivity index (χ1n) is 6.53. The van der Waals surface area contributed by atoms with Crippen LogP contribution in [0.2, 0.25) is 0 Å². The van der Waals surface area contributed by atoms with E-state index in [2.05, 4.69) is 26.5 Å². The molecule has 0 aliphatic carbocycles. The van der Waals surface area contributed by atoms with Gasteiger partial charge in [0.05, 0.1) is 11.3 Å². The van der Waals surface area contributed by atoms with Gasteiger partial charge in [0.1, 0.15) is 5.75 Å². The van der Waals surface area contributed by atoms with Gasteiger partial charge in [0.25, 0.3) is 5.91 Å². The number of benzene rings is 2. The lowest BCUT2D eigenvalue weighted by molar-refractivity contribution is 0.0954. The van der Waals surface area contributed by atoms with Crippen molar-refractivity contribution in [2.24, 2.45) is 5.10 Å². The van der Waals surface area contributed by atoms with Crippen LogP contribution in [0.3, 0.4) is 0 Å². The standard InChI is InChI=1S/C16H15BrN2O2/c1-2-14(12-8-4-6-10-15(12)20)18-19-16(21)11-7-3-5-9-13(11)17/h3-10,20H,2H2,1H3,(H,19,21)/b18-14+. The average Bonchev–Trinajstić information content (AvgIpc) is 2.49. The number of amides is 1. The summed E-state index contributed by atoms with van der Waals surface area (Å²) in [4.78, 5) is 12.1. The van der Waals surface area contributed by atoms with Crippen LogP contribution in [0.1, 0.15) is 29.3 Å². The number of halogens is 1. The van der Waals surface area contributed by atoms with Crippen LogP contribution < -0.4 is 5.43 Å². The maximum absolute atomic E-state index is 12.1. The third-order valence-corrected chi connectivity index (χ3v) is 3.65. The van der Waals surface area contributed by atoms with Crippen LogP contribution in [0.25, 0.3) is 0 Å². The van der Waals surface area contributed by atoms with E-state index in [9.17, 15) is 9.90 Å². The Bertz CT molecular complexity index is 683. The lowest BCUT2D eigenvalue weighted by atomic mass is 10.1. The number of carbonyl (C=O) groups excluding carboxylic acids is 1. The number of hydrogen-bond acceptors (Lipinski definition) is 3. The molecule has 0 fully saturated rings. The van der Waals surface area contributed by atoms with Crippen molar-refractivity contribution >= 4 is 27.5 Å². The fourth-order valence-corrected chi connectivity index (χ4v) is 2.34. The van der Waals surface area contributed by atoms with Crippen molar-refractivity contribution in [3.63, 3.8) is 0 Å². The van der Waals surface area contributed by atoms with E-state index in [4.69, 9.17) is 0 Å². The lowest BCUT2D eigenvalue weighted by Crippen LogP contribution is -2.20. The summed E-state index contributed by atoms with van der Waals surface area (Å²) in [5.41, 5.74) is 4.27. The van der Waals surface area contributed by atoms with Gasteiger partial charge in [-0.25, -0.2) is 5.43 Å². The first kappa shape index (κ1) is 15.3. The van der Waals surface area contributed by atoms with Gasteiger partial charge in [-0.3, -0.25) is 4.79 Å². The number of aromatic hydroxyl groups is 1. The molecule has 1 amide bonds. The van der Waals surface area contributed by atoms with Gasteiger partial charge in [-0.05, 0) is 46.6 Å². The van der Waals surface area contributed by atoms with E-state index in [1.807, 2.05) is 19.1 Å². The van der Waals surface area contributed by atoms with E-state index >= 15 is 0 Å². The Balaban J connectivity index is 2.21. The summed E-state index contributed by atoms with van der Waals surface area (Å²) in [7, 11) is 0. The monoisotopic (exact) mass is 346 g/mol. The first-order chi connectivity index (χ1) is 10.1. The Morgan fingerprint density at radius 2 is 1.76 bits per heavy atom. The predicted molar refractivity (Wildman–Crippen MR) is 86.5 cm³/mol. The van der Waals surface area contributed by atoms with Crippen LogP contribution in [0.15, 0.2) is 58.1 Å². The maximum atomic E-state index is 12.1. The van der Waals surface area contributed by atoms with Crippen LogP contribution >= 0.6 is 15.9 Å². The highest BCUT2D eigenvalue weighted by Gasteiger charge is 2.10. The molecule has 0 unspecified atom stereocenters. The van der Waals surface area contributed by atoms with E-state index in [1.54, 1.807) is 36.4 Å². The van der Waals surface area contributed by atoms with E-state index in [0.29, 0.717) is 27.7 Å². The second-order valence-electron chi connectivity index (χ2n) is 4.35. The fraction of sp³-hybridized carbons (Fsp3) is 0.125. The number of para-hydroxylation sites is 1. The summed E-state index contributed by atoms with van der Waals surface area (Å²) < 4.78 is 0.707. The van der Waals surface area contributed by atoms with E-state index in [0.717, 1.165) is 0 Å². The molecule has 0 saturated carbocycles. The Morgan fingerprint density at radius 3 is 2.38 bits per heavy atom. The second-order valence-corrected chi connectivity index (χ2v) is 5.20. The SMILES string of the molecule is CC/C(=N\NC(=O)c1ccccc1Br)c1ccccc1O. The maximum Gasteiger partial charge on any atom is 0.272 e. The second kappa shape index (κ2) is 7.04. The Hall–Kier alpha value is -2.14. The number of carbonyl (C=O) groups is 1. The molecule has 0 aliphatic rings. The van der Waals surface area contributed by atoms with Gasteiger partial charge >= 0.3 is 0 Å². The molecular formula is C16H15BrN2O2. The molecule has 108 valence electrons. The summed E-state index contributed by atoms with van der Waals surface area (Å²) >= 11 is 3.33. The van der Waals surface area contributed by atoms with Crippen molar-refractivity contribution in [1.29, 1.82) is 0 Å². The van der Waals surface area contributed by atoms with Gasteiger partial charge in [-0.2, -0.15) is 5.10 Å². The average molecular weight is 347 g/mol. The molecule has 4 nitrogen and oxygen atoms in total. The normalized spacial score (nSPS) is 11.2. The Kier molecular flexibility index (Phi) is 5.11. The van der Waals surface area contributed by atoms with E-state index in [1.165, 1.54) is 0 Å². The van der Waals surface area contributed by atoms with E-state index < -0.39 is 0 Å². The van der Waals surface area contributed by atoms with Crippen molar-refractivity contribution < 1.29 is 9.90 Å². The van der Waals surface area contributed by atoms with Crippen LogP contribution in [-0.4, -0.2) is 16.7 Å². The molecule has 0 aliphatic heterocycles. The lowest BCUT2D eigenvalue weighted by Gasteiger charge is -2.07. The van der Waals surface area contributed by atoms with Crippen molar-refractivity contribution in [2.45, 2.75) is 13.3 Å². The van der Waals surface area contributed by atoms with Gasteiger partial charge in [0.2, 0.25) is 0 Å². The molecule has 0 atom stereocenters. The van der Waals surface area contributed by atoms with Crippen LogP contribution in [0.5, 0.6) is 5.75 Å². The Labute approximate surface area is 131 Å². The predicted octanol–water partition coefficient (Wildman–Crippen LogP) is 3.70. The van der Waals surface area contributed by atoms with Crippen molar-refractivity contribution in [2.75, 3.05) is 0 Å². The van der Waals surface area contributed by atoms with Crippen molar-refractivity contribution in [1.82, 2.24) is 5.43 Å². The third kappa shape index (κ3) is 3.70. The molecule has 0 radical (unpaired) electrons. The minimum Gasteiger partial charge on any atom is -0.507 e. The highest BCUT2D eigenvalue weighted by molar-refractivity contribution is 9.10. The number of hydrazone groups is 1. The molecule has 2 N–H and O–H groups in total. The van der Waals surface area contributed by atoms with Gasteiger partial charge < -0.3 is 5.11 Å². The molecule has 0 spiro atoms. The summed E-state index contributed by atoms with van der Waals surface area (Å²) in [5.74, 6) is -0.155. The summed E-state index contributed by atoms with van der Waals surface area (Å²) in [6, 6.07) is 14.0. The van der Waals surface area contributed by atoms with Gasteiger partial charge in [0, 0.05) is 10.0 Å². The molecule has 2 rings (SSSR count). The Morgan fingerprint density at radius 1 is 1.14 bits per heavy atom. The molecule has 0 bridgehead atoms. The highest BCUT2D eigenvalue weighted by atomic mass is 79.9. The zero-order chi connectivity index (χ0) is 15.2. The summed E-state index contributed by atoms with van der Waals surface area (Å²) in [5, 5.41) is 14.0.